The quantitative estimate of drug-likeness (QED) is 0.122. The Morgan fingerprint density at radius 1 is 0.806 bits per heavy atom. The first-order valence-electron chi connectivity index (χ1n) is 11.9. The van der Waals surface area contributed by atoms with Crippen molar-refractivity contribution in [3.63, 3.8) is 0 Å². The summed E-state index contributed by atoms with van der Waals surface area (Å²) in [4.78, 5) is 58.6. The van der Waals surface area contributed by atoms with Crippen LogP contribution in [0.5, 0.6) is 0 Å². The number of carbonyl (C=O) groups is 5. The van der Waals surface area contributed by atoms with E-state index in [1.165, 1.54) is 12.2 Å². The predicted molar refractivity (Wildman–Crippen MR) is 127 cm³/mol. The molecule has 13 nitrogen and oxygen atoms in total. The molecule has 0 bridgehead atoms. The number of hydrogen-bond donors (Lipinski definition) is 3. The van der Waals surface area contributed by atoms with Crippen LogP contribution in [-0.4, -0.2) is 106 Å². The number of ether oxygens (including phenoxy) is 4. The summed E-state index contributed by atoms with van der Waals surface area (Å²) in [5.41, 5.74) is 5.26. The minimum Gasteiger partial charge on any atom is -0.379 e. The molecular formula is C23H38N4O9. The number of rotatable bonds is 21. The SMILES string of the molecule is CC(C)C(NC(=O)CCOCCOCCOCCOCCNC(=O)CCN1C(=O)C=CC1=O)C(N)=O. The third-order valence-corrected chi connectivity index (χ3v) is 4.91. The minimum absolute atomic E-state index is 0.0400. The zero-order valence-corrected chi connectivity index (χ0v) is 21.0. The lowest BCUT2D eigenvalue weighted by molar-refractivity contribution is -0.137. The van der Waals surface area contributed by atoms with E-state index in [2.05, 4.69) is 10.6 Å². The van der Waals surface area contributed by atoms with Gasteiger partial charge < -0.3 is 35.3 Å². The fraction of sp³-hybridized carbons (Fsp3) is 0.696. The van der Waals surface area contributed by atoms with Crippen LogP contribution in [0.15, 0.2) is 12.2 Å². The molecule has 0 aromatic heterocycles. The summed E-state index contributed by atoms with van der Waals surface area (Å²) < 4.78 is 21.4. The van der Waals surface area contributed by atoms with Crippen molar-refractivity contribution in [2.45, 2.75) is 32.7 Å². The number of hydrogen-bond acceptors (Lipinski definition) is 9. The minimum atomic E-state index is -0.692. The molecule has 0 aromatic carbocycles. The molecular weight excluding hydrogens is 476 g/mol. The number of nitrogens with two attached hydrogens (primary N) is 1. The number of carbonyl (C=O) groups excluding carboxylic acids is 5. The molecule has 36 heavy (non-hydrogen) atoms. The fourth-order valence-electron chi connectivity index (χ4n) is 2.95. The van der Waals surface area contributed by atoms with E-state index in [1.54, 1.807) is 13.8 Å². The molecule has 0 aromatic rings. The summed E-state index contributed by atoms with van der Waals surface area (Å²) in [5, 5.41) is 5.24. The molecule has 0 radical (unpaired) electrons. The van der Waals surface area contributed by atoms with Gasteiger partial charge in [-0.05, 0) is 5.92 Å². The number of nitrogens with zero attached hydrogens (tertiary/aromatic N) is 1. The fourth-order valence-corrected chi connectivity index (χ4v) is 2.95. The first kappa shape index (κ1) is 31.2. The smallest absolute Gasteiger partial charge is 0.253 e. The van der Waals surface area contributed by atoms with Crippen molar-refractivity contribution in [3.8, 4) is 0 Å². The summed E-state index contributed by atoms with van der Waals surface area (Å²) in [6.07, 6.45) is 2.53. The molecule has 5 amide bonds. The average molecular weight is 515 g/mol. The Kier molecular flexibility index (Phi) is 15.9. The van der Waals surface area contributed by atoms with Gasteiger partial charge in [0.15, 0.2) is 0 Å². The van der Waals surface area contributed by atoms with E-state index in [0.717, 1.165) is 4.90 Å². The van der Waals surface area contributed by atoms with Gasteiger partial charge in [0.05, 0.1) is 52.9 Å². The Labute approximate surface area is 211 Å². The van der Waals surface area contributed by atoms with E-state index in [0.29, 0.717) is 52.8 Å². The molecule has 4 N–H and O–H groups in total. The van der Waals surface area contributed by atoms with Gasteiger partial charge in [-0.1, -0.05) is 13.8 Å². The zero-order valence-electron chi connectivity index (χ0n) is 21.0. The van der Waals surface area contributed by atoms with E-state index >= 15 is 0 Å². The maximum absolute atomic E-state index is 11.8. The van der Waals surface area contributed by atoms with Crippen molar-refractivity contribution < 1.29 is 42.9 Å². The van der Waals surface area contributed by atoms with Crippen LogP contribution in [0.4, 0.5) is 0 Å². The van der Waals surface area contributed by atoms with E-state index in [1.807, 2.05) is 0 Å². The second kappa shape index (κ2) is 18.4. The molecule has 13 heteroatoms. The highest BCUT2D eigenvalue weighted by atomic mass is 16.6. The van der Waals surface area contributed by atoms with Gasteiger partial charge in [-0.3, -0.25) is 28.9 Å². The summed E-state index contributed by atoms with van der Waals surface area (Å²) >= 11 is 0. The Morgan fingerprint density at radius 2 is 1.31 bits per heavy atom. The van der Waals surface area contributed by atoms with Crippen LogP contribution < -0.4 is 16.4 Å². The predicted octanol–water partition coefficient (Wildman–Crippen LogP) is -1.50. The third kappa shape index (κ3) is 13.9. The number of amides is 5. The monoisotopic (exact) mass is 514 g/mol. The second-order valence-electron chi connectivity index (χ2n) is 8.15. The van der Waals surface area contributed by atoms with Crippen LogP contribution in [0, 0.1) is 5.92 Å². The molecule has 0 spiro atoms. The van der Waals surface area contributed by atoms with Gasteiger partial charge in [0, 0.05) is 38.1 Å². The molecule has 0 saturated carbocycles. The molecule has 0 aliphatic carbocycles. The summed E-state index contributed by atoms with van der Waals surface area (Å²) in [5.74, 6) is -2.02. The first-order valence-corrected chi connectivity index (χ1v) is 11.9. The lowest BCUT2D eigenvalue weighted by Gasteiger charge is -2.18. The molecule has 1 aliphatic heterocycles. The van der Waals surface area contributed by atoms with Gasteiger partial charge in [-0.25, -0.2) is 0 Å². The second-order valence-corrected chi connectivity index (χ2v) is 8.15. The maximum atomic E-state index is 11.8. The molecule has 1 rings (SSSR count). The molecule has 1 atom stereocenters. The average Bonchev–Trinajstić information content (AvgIpc) is 3.15. The van der Waals surface area contributed by atoms with Gasteiger partial charge >= 0.3 is 0 Å². The third-order valence-electron chi connectivity index (χ3n) is 4.91. The van der Waals surface area contributed by atoms with Crippen LogP contribution in [0.25, 0.3) is 0 Å². The zero-order chi connectivity index (χ0) is 26.8. The van der Waals surface area contributed by atoms with Crippen molar-refractivity contribution >= 4 is 29.5 Å². The Hall–Kier alpha value is -2.87. The number of imide groups is 1. The van der Waals surface area contributed by atoms with Crippen molar-refractivity contribution in [1.82, 2.24) is 15.5 Å². The molecule has 0 saturated heterocycles. The largest absolute Gasteiger partial charge is 0.379 e. The van der Waals surface area contributed by atoms with E-state index in [9.17, 15) is 24.0 Å². The normalized spacial score (nSPS) is 13.9. The van der Waals surface area contributed by atoms with Crippen molar-refractivity contribution in [1.29, 1.82) is 0 Å². The van der Waals surface area contributed by atoms with Crippen LogP contribution in [0.2, 0.25) is 0 Å². The topological polar surface area (TPSA) is 176 Å². The van der Waals surface area contributed by atoms with E-state index < -0.39 is 23.8 Å². The highest BCUT2D eigenvalue weighted by Crippen LogP contribution is 2.04. The molecule has 1 heterocycles. The standard InChI is InChI=1S/C23H38N4O9/c1-17(2)22(23(24)32)26-19(29)6-9-33-11-13-35-15-16-36-14-12-34-10-7-25-18(28)5-8-27-20(30)3-4-21(27)31/h3-4,17,22H,5-16H2,1-2H3,(H2,24,32)(H,25,28)(H,26,29). The van der Waals surface area contributed by atoms with Gasteiger partial charge in [-0.2, -0.15) is 0 Å². The van der Waals surface area contributed by atoms with Crippen molar-refractivity contribution in [3.05, 3.63) is 12.2 Å². The first-order chi connectivity index (χ1) is 17.2. The Bertz CT molecular complexity index is 740. The summed E-state index contributed by atoms with van der Waals surface area (Å²) in [7, 11) is 0. The maximum Gasteiger partial charge on any atom is 0.253 e. The highest BCUT2D eigenvalue weighted by Gasteiger charge is 2.23. The van der Waals surface area contributed by atoms with Crippen LogP contribution >= 0.6 is 0 Å². The van der Waals surface area contributed by atoms with Crippen LogP contribution in [0.3, 0.4) is 0 Å². The Balaban J connectivity index is 1.84. The summed E-state index contributed by atoms with van der Waals surface area (Å²) in [6.45, 7) is 6.66. The molecule has 1 unspecified atom stereocenters. The van der Waals surface area contributed by atoms with E-state index in [4.69, 9.17) is 24.7 Å². The highest BCUT2D eigenvalue weighted by molar-refractivity contribution is 6.13. The summed E-state index contributed by atoms with van der Waals surface area (Å²) in [6, 6.07) is -0.692. The Morgan fingerprint density at radius 3 is 1.81 bits per heavy atom. The van der Waals surface area contributed by atoms with Crippen molar-refractivity contribution in [2.75, 3.05) is 65.9 Å². The van der Waals surface area contributed by atoms with Gasteiger partial charge in [0.25, 0.3) is 11.8 Å². The lowest BCUT2D eigenvalue weighted by Crippen LogP contribution is -2.47. The van der Waals surface area contributed by atoms with Gasteiger partial charge in [0.1, 0.15) is 6.04 Å². The van der Waals surface area contributed by atoms with Gasteiger partial charge in [0.2, 0.25) is 17.7 Å². The van der Waals surface area contributed by atoms with Crippen molar-refractivity contribution in [2.24, 2.45) is 11.7 Å². The molecule has 1 aliphatic rings. The van der Waals surface area contributed by atoms with Crippen LogP contribution in [0.1, 0.15) is 26.7 Å². The molecule has 0 fully saturated rings. The van der Waals surface area contributed by atoms with Crippen LogP contribution in [-0.2, 0) is 42.9 Å². The molecule has 204 valence electrons. The number of nitrogens with one attached hydrogen (secondary N) is 2. The van der Waals surface area contributed by atoms with Gasteiger partial charge in [-0.15, -0.1) is 0 Å². The number of primary amides is 1. The lowest BCUT2D eigenvalue weighted by atomic mass is 10.0. The van der Waals surface area contributed by atoms with E-state index in [-0.39, 0.29) is 43.7 Å².